The Morgan fingerprint density at radius 1 is 1.18 bits per heavy atom. The minimum absolute atomic E-state index is 0.116. The van der Waals surface area contributed by atoms with Gasteiger partial charge in [0.1, 0.15) is 0 Å². The normalized spacial score (nSPS) is 11.4. The van der Waals surface area contributed by atoms with E-state index in [9.17, 15) is 8.42 Å². The second-order valence-corrected chi connectivity index (χ2v) is 5.55. The van der Waals surface area contributed by atoms with E-state index in [1.54, 1.807) is 30.3 Å². The molecule has 88 valence electrons. The van der Waals surface area contributed by atoms with Crippen molar-refractivity contribution in [1.82, 2.24) is 9.97 Å². The molecular formula is C11H11N3O2S. The van der Waals surface area contributed by atoms with Crippen LogP contribution < -0.4 is 5.73 Å². The highest BCUT2D eigenvalue weighted by Gasteiger charge is 2.14. The summed E-state index contributed by atoms with van der Waals surface area (Å²) in [6, 6.07) is 8.29. The minimum atomic E-state index is -3.30. The van der Waals surface area contributed by atoms with Crippen LogP contribution in [0.15, 0.2) is 41.4 Å². The van der Waals surface area contributed by atoms with Crippen LogP contribution in [0.1, 0.15) is 0 Å². The van der Waals surface area contributed by atoms with Gasteiger partial charge in [-0.05, 0) is 12.1 Å². The Hall–Kier alpha value is -1.95. The van der Waals surface area contributed by atoms with E-state index < -0.39 is 9.84 Å². The molecule has 5 nitrogen and oxygen atoms in total. The molecule has 0 fully saturated rings. The Balaban J connectivity index is 2.69. The number of rotatable bonds is 2. The molecule has 0 saturated heterocycles. The molecule has 6 heteroatoms. The number of nitrogen functional groups attached to an aromatic ring is 1. The molecule has 0 unspecified atom stereocenters. The molecule has 1 aromatic heterocycles. The van der Waals surface area contributed by atoms with Crippen molar-refractivity contribution in [2.45, 2.75) is 4.90 Å². The quantitative estimate of drug-likeness (QED) is 0.862. The Labute approximate surface area is 99.3 Å². The van der Waals surface area contributed by atoms with Crippen molar-refractivity contribution in [3.63, 3.8) is 0 Å². The third-order valence-electron chi connectivity index (χ3n) is 2.24. The van der Waals surface area contributed by atoms with E-state index in [0.717, 1.165) is 6.26 Å². The standard InChI is InChI=1S/C11H11N3O2S/c1-17(15,16)10-5-3-2-4-8(10)9-6-7-13-11(12)14-9/h2-7H,1H3,(H2,12,13,14). The van der Waals surface area contributed by atoms with Gasteiger partial charge in [-0.2, -0.15) is 0 Å². The largest absolute Gasteiger partial charge is 0.368 e. The lowest BCUT2D eigenvalue weighted by molar-refractivity contribution is 0.602. The van der Waals surface area contributed by atoms with Crippen LogP contribution in [0.3, 0.4) is 0 Å². The van der Waals surface area contributed by atoms with Gasteiger partial charge in [0.2, 0.25) is 5.95 Å². The van der Waals surface area contributed by atoms with E-state index in [1.807, 2.05) is 0 Å². The van der Waals surface area contributed by atoms with Gasteiger partial charge in [0.15, 0.2) is 9.84 Å². The van der Waals surface area contributed by atoms with Crippen LogP contribution in [0.2, 0.25) is 0 Å². The number of sulfone groups is 1. The van der Waals surface area contributed by atoms with Crippen molar-refractivity contribution in [2.75, 3.05) is 12.0 Å². The maximum absolute atomic E-state index is 11.6. The lowest BCUT2D eigenvalue weighted by Crippen LogP contribution is -2.02. The van der Waals surface area contributed by atoms with E-state index in [0.29, 0.717) is 11.3 Å². The number of hydrogen-bond acceptors (Lipinski definition) is 5. The van der Waals surface area contributed by atoms with E-state index in [2.05, 4.69) is 9.97 Å². The number of benzene rings is 1. The summed E-state index contributed by atoms with van der Waals surface area (Å²) in [6.07, 6.45) is 2.66. The summed E-state index contributed by atoms with van der Waals surface area (Å²) >= 11 is 0. The Morgan fingerprint density at radius 3 is 2.53 bits per heavy atom. The zero-order chi connectivity index (χ0) is 12.5. The summed E-state index contributed by atoms with van der Waals surface area (Å²) in [5.41, 5.74) is 6.51. The molecule has 2 N–H and O–H groups in total. The maximum atomic E-state index is 11.6. The molecule has 0 atom stereocenters. The van der Waals surface area contributed by atoms with Crippen LogP contribution in [-0.4, -0.2) is 24.6 Å². The van der Waals surface area contributed by atoms with Crippen molar-refractivity contribution >= 4 is 15.8 Å². The van der Waals surface area contributed by atoms with Gasteiger partial charge in [0, 0.05) is 18.0 Å². The minimum Gasteiger partial charge on any atom is -0.368 e. The van der Waals surface area contributed by atoms with E-state index in [4.69, 9.17) is 5.73 Å². The van der Waals surface area contributed by atoms with Crippen LogP contribution in [0.4, 0.5) is 5.95 Å². The predicted octanol–water partition coefficient (Wildman–Crippen LogP) is 1.13. The first-order valence-corrected chi connectivity index (χ1v) is 6.75. The second kappa shape index (κ2) is 4.14. The molecule has 0 aliphatic rings. The van der Waals surface area contributed by atoms with Gasteiger partial charge in [-0.25, -0.2) is 18.4 Å². The van der Waals surface area contributed by atoms with Gasteiger partial charge >= 0.3 is 0 Å². The fraction of sp³-hybridized carbons (Fsp3) is 0.0909. The summed E-state index contributed by atoms with van der Waals surface area (Å²) in [6.45, 7) is 0. The third-order valence-corrected chi connectivity index (χ3v) is 3.39. The molecule has 1 heterocycles. The molecule has 0 saturated carbocycles. The fourth-order valence-electron chi connectivity index (χ4n) is 1.53. The molecule has 0 amide bonds. The van der Waals surface area contributed by atoms with Gasteiger partial charge < -0.3 is 5.73 Å². The maximum Gasteiger partial charge on any atom is 0.220 e. The average molecular weight is 249 g/mol. The second-order valence-electron chi connectivity index (χ2n) is 3.57. The SMILES string of the molecule is CS(=O)(=O)c1ccccc1-c1ccnc(N)n1. The first-order chi connectivity index (χ1) is 7.98. The number of nitrogens with zero attached hydrogens (tertiary/aromatic N) is 2. The molecule has 0 aliphatic carbocycles. The van der Waals surface area contributed by atoms with Crippen LogP contribution >= 0.6 is 0 Å². The topological polar surface area (TPSA) is 85.9 Å². The van der Waals surface area contributed by atoms with Gasteiger partial charge in [-0.1, -0.05) is 18.2 Å². The van der Waals surface area contributed by atoms with Crippen molar-refractivity contribution in [3.05, 3.63) is 36.5 Å². The summed E-state index contributed by atoms with van der Waals surface area (Å²) in [4.78, 5) is 8.03. The molecule has 1 aromatic carbocycles. The van der Waals surface area contributed by atoms with Crippen LogP contribution in [-0.2, 0) is 9.84 Å². The molecule has 0 radical (unpaired) electrons. The van der Waals surface area contributed by atoms with Crippen molar-refractivity contribution in [2.24, 2.45) is 0 Å². The lowest BCUT2D eigenvalue weighted by atomic mass is 10.1. The Bertz CT molecular complexity index is 653. The van der Waals surface area contributed by atoms with Gasteiger partial charge in [0.25, 0.3) is 0 Å². The summed E-state index contributed by atoms with van der Waals surface area (Å²) < 4.78 is 23.3. The van der Waals surface area contributed by atoms with Crippen molar-refractivity contribution in [3.8, 4) is 11.3 Å². The molecular weight excluding hydrogens is 238 g/mol. The van der Waals surface area contributed by atoms with Gasteiger partial charge in [-0.15, -0.1) is 0 Å². The highest BCUT2D eigenvalue weighted by molar-refractivity contribution is 7.90. The average Bonchev–Trinajstić information content (AvgIpc) is 2.28. The highest BCUT2D eigenvalue weighted by Crippen LogP contribution is 2.25. The van der Waals surface area contributed by atoms with Crippen LogP contribution in [0.25, 0.3) is 11.3 Å². The van der Waals surface area contributed by atoms with Gasteiger partial charge in [0.05, 0.1) is 10.6 Å². The monoisotopic (exact) mass is 249 g/mol. The fourth-order valence-corrected chi connectivity index (χ4v) is 2.42. The molecule has 2 rings (SSSR count). The first-order valence-electron chi connectivity index (χ1n) is 4.86. The highest BCUT2D eigenvalue weighted by atomic mass is 32.2. The molecule has 0 bridgehead atoms. The van der Waals surface area contributed by atoms with Gasteiger partial charge in [-0.3, -0.25) is 0 Å². The Kier molecular flexibility index (Phi) is 2.81. The summed E-state index contributed by atoms with van der Waals surface area (Å²) in [5, 5.41) is 0. The number of aromatic nitrogens is 2. The van der Waals surface area contributed by atoms with E-state index in [-0.39, 0.29) is 10.8 Å². The Morgan fingerprint density at radius 2 is 1.88 bits per heavy atom. The summed E-state index contributed by atoms with van der Waals surface area (Å²) in [7, 11) is -3.30. The van der Waals surface area contributed by atoms with Crippen molar-refractivity contribution in [1.29, 1.82) is 0 Å². The zero-order valence-electron chi connectivity index (χ0n) is 9.16. The van der Waals surface area contributed by atoms with E-state index >= 15 is 0 Å². The van der Waals surface area contributed by atoms with Crippen LogP contribution in [0, 0.1) is 0 Å². The number of anilines is 1. The first kappa shape index (κ1) is 11.5. The molecule has 2 aromatic rings. The third kappa shape index (κ3) is 2.42. The lowest BCUT2D eigenvalue weighted by Gasteiger charge is -2.06. The number of nitrogens with two attached hydrogens (primary N) is 1. The van der Waals surface area contributed by atoms with Crippen molar-refractivity contribution < 1.29 is 8.42 Å². The molecule has 17 heavy (non-hydrogen) atoms. The number of hydrogen-bond donors (Lipinski definition) is 1. The summed E-state index contributed by atoms with van der Waals surface area (Å²) in [5.74, 6) is 0.116. The van der Waals surface area contributed by atoms with E-state index in [1.165, 1.54) is 6.20 Å². The molecule has 0 aliphatic heterocycles. The predicted molar refractivity (Wildman–Crippen MR) is 65.0 cm³/mol. The zero-order valence-corrected chi connectivity index (χ0v) is 9.98. The van der Waals surface area contributed by atoms with Crippen LogP contribution in [0.5, 0.6) is 0 Å². The smallest absolute Gasteiger partial charge is 0.220 e. The molecule has 0 spiro atoms.